The van der Waals surface area contributed by atoms with E-state index in [9.17, 15) is 0 Å². The van der Waals surface area contributed by atoms with Crippen molar-refractivity contribution in [2.45, 2.75) is 20.0 Å². The van der Waals surface area contributed by atoms with Crippen LogP contribution in [-0.4, -0.2) is 6.10 Å². The van der Waals surface area contributed by atoms with E-state index in [1.165, 1.54) is 0 Å². The van der Waals surface area contributed by atoms with Crippen LogP contribution in [0.4, 0.5) is 11.4 Å². The van der Waals surface area contributed by atoms with Crippen LogP contribution in [0, 0.1) is 0 Å². The molecule has 2 heteroatoms. The Kier molecular flexibility index (Phi) is 3.66. The summed E-state index contributed by atoms with van der Waals surface area (Å²) in [6.45, 7) is 4.05. The molecular formula is C15H17NO. The van der Waals surface area contributed by atoms with Crippen LogP contribution in [0.5, 0.6) is 5.75 Å². The molecule has 2 rings (SSSR count). The van der Waals surface area contributed by atoms with Crippen molar-refractivity contribution in [1.82, 2.24) is 0 Å². The van der Waals surface area contributed by atoms with Crippen LogP contribution in [0.15, 0.2) is 54.6 Å². The fourth-order valence-corrected chi connectivity index (χ4v) is 1.60. The summed E-state index contributed by atoms with van der Waals surface area (Å²) in [6, 6.07) is 18.1. The molecule has 0 bridgehead atoms. The van der Waals surface area contributed by atoms with Crippen molar-refractivity contribution in [2.24, 2.45) is 0 Å². The van der Waals surface area contributed by atoms with Gasteiger partial charge in [0.2, 0.25) is 0 Å². The Labute approximate surface area is 102 Å². The number of nitrogens with one attached hydrogen (secondary N) is 1. The molecule has 2 aromatic carbocycles. The van der Waals surface area contributed by atoms with Crippen LogP contribution in [-0.2, 0) is 0 Å². The van der Waals surface area contributed by atoms with Gasteiger partial charge in [0, 0.05) is 5.69 Å². The Balaban J connectivity index is 2.20. The zero-order valence-electron chi connectivity index (χ0n) is 10.2. The van der Waals surface area contributed by atoms with Gasteiger partial charge >= 0.3 is 0 Å². The third-order valence-corrected chi connectivity index (χ3v) is 2.30. The Morgan fingerprint density at radius 2 is 1.53 bits per heavy atom. The summed E-state index contributed by atoms with van der Waals surface area (Å²) in [5.41, 5.74) is 2.06. The largest absolute Gasteiger partial charge is 0.489 e. The first-order chi connectivity index (χ1) is 8.25. The molecule has 1 N–H and O–H groups in total. The quantitative estimate of drug-likeness (QED) is 0.844. The lowest BCUT2D eigenvalue weighted by Crippen LogP contribution is -2.07. The summed E-state index contributed by atoms with van der Waals surface area (Å²) >= 11 is 0. The Morgan fingerprint density at radius 3 is 2.24 bits per heavy atom. The maximum Gasteiger partial charge on any atom is 0.143 e. The molecule has 17 heavy (non-hydrogen) atoms. The number of rotatable bonds is 4. The molecule has 0 heterocycles. The summed E-state index contributed by atoms with van der Waals surface area (Å²) in [4.78, 5) is 0. The number of hydrogen-bond donors (Lipinski definition) is 1. The van der Waals surface area contributed by atoms with Crippen molar-refractivity contribution in [1.29, 1.82) is 0 Å². The van der Waals surface area contributed by atoms with Gasteiger partial charge in [0.25, 0.3) is 0 Å². The van der Waals surface area contributed by atoms with Gasteiger partial charge in [-0.1, -0.05) is 30.3 Å². The van der Waals surface area contributed by atoms with Crippen molar-refractivity contribution in [3.8, 4) is 5.75 Å². The predicted octanol–water partition coefficient (Wildman–Crippen LogP) is 4.22. The molecule has 0 fully saturated rings. The summed E-state index contributed by atoms with van der Waals surface area (Å²) in [7, 11) is 0. The molecule has 88 valence electrons. The molecule has 0 aliphatic heterocycles. The SMILES string of the molecule is CC(C)Oc1ccccc1Nc1ccccc1. The van der Waals surface area contributed by atoms with Gasteiger partial charge in [-0.2, -0.15) is 0 Å². The lowest BCUT2D eigenvalue weighted by atomic mass is 10.2. The van der Waals surface area contributed by atoms with Gasteiger partial charge in [-0.25, -0.2) is 0 Å². The molecule has 0 saturated carbocycles. The fourth-order valence-electron chi connectivity index (χ4n) is 1.60. The van der Waals surface area contributed by atoms with Crippen LogP contribution < -0.4 is 10.1 Å². The zero-order valence-corrected chi connectivity index (χ0v) is 10.2. The van der Waals surface area contributed by atoms with E-state index in [4.69, 9.17) is 4.74 Å². The van der Waals surface area contributed by atoms with Gasteiger partial charge in [-0.15, -0.1) is 0 Å². The summed E-state index contributed by atoms with van der Waals surface area (Å²) in [6.07, 6.45) is 0.175. The molecule has 2 nitrogen and oxygen atoms in total. The highest BCUT2D eigenvalue weighted by Crippen LogP contribution is 2.27. The molecule has 2 aromatic rings. The average Bonchev–Trinajstić information content (AvgIpc) is 2.32. The van der Waals surface area contributed by atoms with Crippen LogP contribution in [0.2, 0.25) is 0 Å². The van der Waals surface area contributed by atoms with Gasteiger partial charge in [0.05, 0.1) is 11.8 Å². The number of para-hydroxylation sites is 3. The maximum atomic E-state index is 5.76. The average molecular weight is 227 g/mol. The van der Waals surface area contributed by atoms with E-state index in [0.29, 0.717) is 0 Å². The van der Waals surface area contributed by atoms with E-state index in [-0.39, 0.29) is 6.10 Å². The molecule has 0 aromatic heterocycles. The van der Waals surface area contributed by atoms with E-state index >= 15 is 0 Å². The van der Waals surface area contributed by atoms with Gasteiger partial charge in [-0.05, 0) is 38.1 Å². The van der Waals surface area contributed by atoms with Gasteiger partial charge in [0.15, 0.2) is 0 Å². The van der Waals surface area contributed by atoms with Gasteiger partial charge < -0.3 is 10.1 Å². The standard InChI is InChI=1S/C15H17NO/c1-12(2)17-15-11-7-6-10-14(15)16-13-8-4-3-5-9-13/h3-12,16H,1-2H3. The number of ether oxygens (including phenoxy) is 1. The highest BCUT2D eigenvalue weighted by atomic mass is 16.5. The third kappa shape index (κ3) is 3.25. The third-order valence-electron chi connectivity index (χ3n) is 2.30. The van der Waals surface area contributed by atoms with Crippen LogP contribution in [0.1, 0.15) is 13.8 Å². The summed E-state index contributed by atoms with van der Waals surface area (Å²) in [5, 5.41) is 3.35. The number of hydrogen-bond acceptors (Lipinski definition) is 2. The fraction of sp³-hybridized carbons (Fsp3) is 0.200. The lowest BCUT2D eigenvalue weighted by Gasteiger charge is -2.15. The summed E-state index contributed by atoms with van der Waals surface area (Å²) in [5.74, 6) is 0.881. The predicted molar refractivity (Wildman–Crippen MR) is 71.9 cm³/mol. The van der Waals surface area contributed by atoms with Crippen molar-refractivity contribution < 1.29 is 4.74 Å². The molecule has 0 saturated heterocycles. The van der Waals surface area contributed by atoms with Crippen molar-refractivity contribution in [3.05, 3.63) is 54.6 Å². The van der Waals surface area contributed by atoms with E-state index in [2.05, 4.69) is 5.32 Å². The smallest absolute Gasteiger partial charge is 0.143 e. The first kappa shape index (κ1) is 11.5. The van der Waals surface area contributed by atoms with E-state index in [1.807, 2.05) is 68.4 Å². The van der Waals surface area contributed by atoms with Crippen molar-refractivity contribution in [2.75, 3.05) is 5.32 Å². The molecule has 0 radical (unpaired) electrons. The van der Waals surface area contributed by atoms with E-state index in [0.717, 1.165) is 17.1 Å². The Morgan fingerprint density at radius 1 is 0.882 bits per heavy atom. The normalized spacial score (nSPS) is 10.3. The molecule has 0 spiro atoms. The molecule has 0 atom stereocenters. The van der Waals surface area contributed by atoms with Crippen molar-refractivity contribution >= 4 is 11.4 Å². The second-order valence-corrected chi connectivity index (χ2v) is 4.15. The van der Waals surface area contributed by atoms with Gasteiger partial charge in [0.1, 0.15) is 5.75 Å². The first-order valence-electron chi connectivity index (χ1n) is 5.83. The first-order valence-corrected chi connectivity index (χ1v) is 5.83. The zero-order chi connectivity index (χ0) is 12.1. The minimum atomic E-state index is 0.175. The Bertz CT molecular complexity index is 465. The molecular weight excluding hydrogens is 210 g/mol. The topological polar surface area (TPSA) is 21.3 Å². The van der Waals surface area contributed by atoms with Crippen LogP contribution in [0.25, 0.3) is 0 Å². The lowest BCUT2D eigenvalue weighted by molar-refractivity contribution is 0.244. The molecule has 0 aliphatic carbocycles. The van der Waals surface area contributed by atoms with Crippen LogP contribution >= 0.6 is 0 Å². The van der Waals surface area contributed by atoms with E-state index < -0.39 is 0 Å². The minimum absolute atomic E-state index is 0.175. The molecule has 0 aliphatic rings. The van der Waals surface area contributed by atoms with Crippen LogP contribution in [0.3, 0.4) is 0 Å². The van der Waals surface area contributed by atoms with E-state index in [1.54, 1.807) is 0 Å². The number of benzene rings is 2. The second kappa shape index (κ2) is 5.39. The minimum Gasteiger partial charge on any atom is -0.489 e. The van der Waals surface area contributed by atoms with Crippen molar-refractivity contribution in [3.63, 3.8) is 0 Å². The van der Waals surface area contributed by atoms with Gasteiger partial charge in [-0.3, -0.25) is 0 Å². The highest BCUT2D eigenvalue weighted by molar-refractivity contribution is 5.65. The Hall–Kier alpha value is -1.96. The maximum absolute atomic E-state index is 5.76. The monoisotopic (exact) mass is 227 g/mol. The highest BCUT2D eigenvalue weighted by Gasteiger charge is 2.04. The number of anilines is 2. The summed E-state index contributed by atoms with van der Waals surface area (Å²) < 4.78 is 5.76. The second-order valence-electron chi connectivity index (χ2n) is 4.15. The molecule has 0 unspecified atom stereocenters. The molecule has 0 amide bonds.